The van der Waals surface area contributed by atoms with E-state index in [1.807, 2.05) is 48.5 Å². The van der Waals surface area contributed by atoms with Gasteiger partial charge in [-0.1, -0.05) is 48.8 Å². The van der Waals surface area contributed by atoms with Crippen LogP contribution in [0.25, 0.3) is 0 Å². The summed E-state index contributed by atoms with van der Waals surface area (Å²) in [5.41, 5.74) is 1.76. The number of hydrogen-bond donors (Lipinski definition) is 2. The lowest BCUT2D eigenvalue weighted by molar-refractivity contribution is 0.253. The van der Waals surface area contributed by atoms with E-state index in [0.717, 1.165) is 21.2 Å². The van der Waals surface area contributed by atoms with Crippen molar-refractivity contribution in [2.24, 2.45) is 0 Å². The molecule has 0 bridgehead atoms. The maximum Gasteiger partial charge on any atom is 0.336 e. The third-order valence-corrected chi connectivity index (χ3v) is 4.05. The van der Waals surface area contributed by atoms with Gasteiger partial charge in [0.1, 0.15) is 0 Å². The SMILES string of the molecule is O=C(NS)N1c2ccccc2Sc2ccccc21. The maximum atomic E-state index is 12.0. The molecule has 1 aliphatic rings. The van der Waals surface area contributed by atoms with Crippen LogP contribution in [-0.2, 0) is 0 Å². The van der Waals surface area contributed by atoms with Crippen LogP contribution in [0.2, 0.25) is 0 Å². The van der Waals surface area contributed by atoms with Gasteiger partial charge in [-0.15, -0.1) is 0 Å². The molecule has 0 fully saturated rings. The first kappa shape index (κ1) is 11.5. The van der Waals surface area contributed by atoms with Crippen molar-refractivity contribution in [3.05, 3.63) is 48.5 Å². The standard InChI is InChI=1S/C13H10N2OS2/c16-13(14-17)15-9-5-1-3-7-11(9)18-12-8-4-2-6-10(12)15/h1-8,17H,(H,14,16). The smallest absolute Gasteiger partial charge is 0.284 e. The summed E-state index contributed by atoms with van der Waals surface area (Å²) in [7, 11) is 0. The van der Waals surface area contributed by atoms with Gasteiger partial charge < -0.3 is 0 Å². The van der Waals surface area contributed by atoms with Gasteiger partial charge in [0.25, 0.3) is 0 Å². The number of amides is 2. The predicted molar refractivity (Wildman–Crippen MR) is 76.7 cm³/mol. The van der Waals surface area contributed by atoms with Crippen LogP contribution >= 0.6 is 24.6 Å². The van der Waals surface area contributed by atoms with Crippen LogP contribution in [0.15, 0.2) is 58.3 Å². The largest absolute Gasteiger partial charge is 0.336 e. The van der Waals surface area contributed by atoms with E-state index in [4.69, 9.17) is 0 Å². The number of urea groups is 1. The predicted octanol–water partition coefficient (Wildman–Crippen LogP) is 3.84. The molecule has 0 radical (unpaired) electrons. The van der Waals surface area contributed by atoms with Crippen LogP contribution in [-0.4, -0.2) is 6.03 Å². The van der Waals surface area contributed by atoms with Gasteiger partial charge >= 0.3 is 6.03 Å². The summed E-state index contributed by atoms with van der Waals surface area (Å²) in [4.78, 5) is 15.8. The summed E-state index contributed by atoms with van der Waals surface area (Å²) >= 11 is 5.53. The topological polar surface area (TPSA) is 32.3 Å². The Bertz CT molecular complexity index is 570. The van der Waals surface area contributed by atoms with Crippen LogP contribution in [0.1, 0.15) is 0 Å². The molecule has 90 valence electrons. The number of rotatable bonds is 0. The van der Waals surface area contributed by atoms with Crippen molar-refractivity contribution in [2.75, 3.05) is 4.90 Å². The zero-order valence-electron chi connectivity index (χ0n) is 9.33. The number of anilines is 2. The normalized spacial score (nSPS) is 12.6. The molecule has 18 heavy (non-hydrogen) atoms. The summed E-state index contributed by atoms with van der Waals surface area (Å²) in [6, 6.07) is 15.4. The lowest BCUT2D eigenvalue weighted by Crippen LogP contribution is -2.33. The number of para-hydroxylation sites is 2. The van der Waals surface area contributed by atoms with E-state index in [-0.39, 0.29) is 6.03 Å². The van der Waals surface area contributed by atoms with Gasteiger partial charge in [-0.05, 0) is 24.3 Å². The zero-order chi connectivity index (χ0) is 12.5. The number of nitrogens with zero attached hydrogens (tertiary/aromatic N) is 1. The second-order valence-corrected chi connectivity index (χ2v) is 5.10. The van der Waals surface area contributed by atoms with Crippen LogP contribution in [0, 0.1) is 0 Å². The summed E-state index contributed by atoms with van der Waals surface area (Å²) < 4.78 is 2.39. The van der Waals surface area contributed by atoms with Gasteiger partial charge in [-0.25, -0.2) is 4.79 Å². The fourth-order valence-corrected chi connectivity index (χ4v) is 3.13. The molecule has 1 aliphatic heterocycles. The molecule has 0 aliphatic carbocycles. The van der Waals surface area contributed by atoms with E-state index in [0.29, 0.717) is 0 Å². The highest BCUT2D eigenvalue weighted by Crippen LogP contribution is 2.47. The van der Waals surface area contributed by atoms with Gasteiger partial charge in [-0.3, -0.25) is 9.62 Å². The number of nitrogens with one attached hydrogen (secondary N) is 1. The van der Waals surface area contributed by atoms with Crippen molar-refractivity contribution in [3.63, 3.8) is 0 Å². The molecule has 0 unspecified atom stereocenters. The first-order valence-corrected chi connectivity index (χ1v) is 6.68. The number of carbonyl (C=O) groups is 1. The summed E-state index contributed by atoms with van der Waals surface area (Å²) in [6.45, 7) is 0. The molecule has 3 rings (SSSR count). The van der Waals surface area contributed by atoms with E-state index in [2.05, 4.69) is 17.5 Å². The first-order chi connectivity index (χ1) is 8.81. The number of carbonyl (C=O) groups excluding carboxylic acids is 1. The quantitative estimate of drug-likeness (QED) is 0.715. The molecule has 0 atom stereocenters. The van der Waals surface area contributed by atoms with E-state index >= 15 is 0 Å². The molecule has 0 saturated heterocycles. The van der Waals surface area contributed by atoms with Crippen LogP contribution < -0.4 is 9.62 Å². The van der Waals surface area contributed by atoms with Crippen molar-refractivity contribution in [3.8, 4) is 0 Å². The van der Waals surface area contributed by atoms with Gasteiger partial charge in [-0.2, -0.15) is 0 Å². The fraction of sp³-hybridized carbons (Fsp3) is 0. The second kappa shape index (κ2) is 4.59. The highest BCUT2D eigenvalue weighted by Gasteiger charge is 2.27. The van der Waals surface area contributed by atoms with Crippen LogP contribution in [0.4, 0.5) is 16.2 Å². The molecular formula is C13H10N2OS2. The molecule has 5 heteroatoms. The number of benzene rings is 2. The number of hydrogen-bond acceptors (Lipinski definition) is 3. The Labute approximate surface area is 115 Å². The average Bonchev–Trinajstić information content (AvgIpc) is 2.44. The molecule has 2 aromatic rings. The minimum atomic E-state index is -0.251. The third kappa shape index (κ3) is 1.76. The molecule has 2 aromatic carbocycles. The molecule has 0 saturated carbocycles. The Kier molecular flexibility index (Phi) is 2.93. The third-order valence-electron chi connectivity index (χ3n) is 2.73. The van der Waals surface area contributed by atoms with Crippen molar-refractivity contribution < 1.29 is 4.79 Å². The Hall–Kier alpha value is -1.59. The van der Waals surface area contributed by atoms with Crippen LogP contribution in [0.3, 0.4) is 0 Å². The lowest BCUT2D eigenvalue weighted by atomic mass is 10.2. The summed E-state index contributed by atoms with van der Waals surface area (Å²) in [5.74, 6) is 0. The highest BCUT2D eigenvalue weighted by atomic mass is 32.2. The minimum absolute atomic E-state index is 0.251. The van der Waals surface area contributed by atoms with Crippen molar-refractivity contribution in [1.82, 2.24) is 4.72 Å². The Morgan fingerprint density at radius 3 is 2.00 bits per heavy atom. The molecule has 2 amide bonds. The van der Waals surface area contributed by atoms with E-state index in [9.17, 15) is 4.79 Å². The second-order valence-electron chi connectivity index (χ2n) is 3.79. The van der Waals surface area contributed by atoms with Crippen molar-refractivity contribution in [2.45, 2.75) is 9.79 Å². The van der Waals surface area contributed by atoms with Crippen molar-refractivity contribution in [1.29, 1.82) is 0 Å². The zero-order valence-corrected chi connectivity index (χ0v) is 11.0. The molecule has 0 aromatic heterocycles. The van der Waals surface area contributed by atoms with Gasteiger partial charge in [0.15, 0.2) is 0 Å². The summed E-state index contributed by atoms with van der Waals surface area (Å²) in [6.07, 6.45) is 0. The number of thiol groups is 1. The fourth-order valence-electron chi connectivity index (χ4n) is 1.97. The molecule has 3 nitrogen and oxygen atoms in total. The van der Waals surface area contributed by atoms with Gasteiger partial charge in [0, 0.05) is 9.79 Å². The number of fused-ring (bicyclic) bond motifs is 2. The lowest BCUT2D eigenvalue weighted by Gasteiger charge is -2.30. The first-order valence-electron chi connectivity index (χ1n) is 5.41. The molecule has 0 spiro atoms. The van der Waals surface area contributed by atoms with Crippen LogP contribution in [0.5, 0.6) is 0 Å². The molecular weight excluding hydrogens is 264 g/mol. The average molecular weight is 274 g/mol. The Balaban J connectivity index is 2.20. The Morgan fingerprint density at radius 1 is 1.00 bits per heavy atom. The monoisotopic (exact) mass is 274 g/mol. The van der Waals surface area contributed by atoms with Crippen molar-refractivity contribution >= 4 is 42.0 Å². The molecule has 1 N–H and O–H groups in total. The Morgan fingerprint density at radius 2 is 1.50 bits per heavy atom. The minimum Gasteiger partial charge on any atom is -0.284 e. The van der Waals surface area contributed by atoms with E-state index in [1.165, 1.54) is 0 Å². The van der Waals surface area contributed by atoms with Gasteiger partial charge in [0.2, 0.25) is 0 Å². The highest BCUT2D eigenvalue weighted by molar-refractivity contribution is 7.99. The van der Waals surface area contributed by atoms with E-state index in [1.54, 1.807) is 16.7 Å². The maximum absolute atomic E-state index is 12.0. The van der Waals surface area contributed by atoms with E-state index < -0.39 is 0 Å². The molecule has 1 heterocycles. The summed E-state index contributed by atoms with van der Waals surface area (Å²) in [5, 5.41) is 0. The van der Waals surface area contributed by atoms with Gasteiger partial charge in [0.05, 0.1) is 11.4 Å².